The minimum atomic E-state index is -0.621. The number of halogens is 4. The van der Waals surface area contributed by atoms with Crippen LogP contribution >= 0.6 is 46.4 Å². The quantitative estimate of drug-likeness (QED) is 0.247. The van der Waals surface area contributed by atoms with Gasteiger partial charge in [-0.1, -0.05) is 64.6 Å². The molecule has 0 N–H and O–H groups in total. The maximum Gasteiger partial charge on any atom is 0.267 e. The van der Waals surface area contributed by atoms with Crippen LogP contribution < -0.4 is 4.90 Å². The Balaban J connectivity index is 1.84. The number of benzene rings is 2. The largest absolute Gasteiger partial charge is 0.465 e. The third-order valence-corrected chi connectivity index (χ3v) is 6.05. The van der Waals surface area contributed by atoms with E-state index in [0.717, 1.165) is 4.90 Å². The van der Waals surface area contributed by atoms with Crippen molar-refractivity contribution in [2.24, 2.45) is 0 Å². The standard InChI is InChI=1S/C20H9Cl4NO3/c21-15-13-14(16(22)18(24)17(15)23)20(27)25(19(13)26)12-6-2-1-4-10(12)7-8-11-5-3-9-28-11/h1-9H/b8-7+. The summed E-state index contributed by atoms with van der Waals surface area (Å²) in [6.07, 6.45) is 5.01. The number of carbonyl (C=O) groups excluding carboxylic acids is 2. The molecular weight excluding hydrogens is 444 g/mol. The molecular formula is C20H9Cl4NO3. The number of imide groups is 1. The van der Waals surface area contributed by atoms with Gasteiger partial charge in [0.05, 0.1) is 43.2 Å². The Morgan fingerprint density at radius 1 is 0.750 bits per heavy atom. The van der Waals surface area contributed by atoms with Gasteiger partial charge in [-0.15, -0.1) is 0 Å². The second-order valence-corrected chi connectivity index (χ2v) is 7.37. The number of para-hydroxylation sites is 1. The van der Waals surface area contributed by atoms with E-state index in [-0.39, 0.29) is 31.2 Å². The molecule has 2 amide bonds. The summed E-state index contributed by atoms with van der Waals surface area (Å²) in [6.45, 7) is 0. The third-order valence-electron chi connectivity index (χ3n) is 4.25. The van der Waals surface area contributed by atoms with E-state index in [9.17, 15) is 9.59 Å². The molecule has 3 aromatic rings. The third kappa shape index (κ3) is 2.93. The minimum absolute atomic E-state index is 0.0594. The Morgan fingerprint density at radius 3 is 1.93 bits per heavy atom. The van der Waals surface area contributed by atoms with Crippen LogP contribution in [0.5, 0.6) is 0 Å². The number of anilines is 1. The Morgan fingerprint density at radius 2 is 1.36 bits per heavy atom. The molecule has 1 aliphatic rings. The molecule has 140 valence electrons. The Hall–Kier alpha value is -2.24. The van der Waals surface area contributed by atoms with E-state index in [2.05, 4.69) is 0 Å². The fraction of sp³-hybridized carbons (Fsp3) is 0. The first-order chi connectivity index (χ1) is 13.4. The molecule has 0 bridgehead atoms. The van der Waals surface area contributed by atoms with Crippen LogP contribution in [0, 0.1) is 0 Å². The summed E-state index contributed by atoms with van der Waals surface area (Å²) in [5.41, 5.74) is 0.875. The van der Waals surface area contributed by atoms with E-state index in [1.807, 2.05) is 0 Å². The molecule has 0 atom stereocenters. The number of hydrogen-bond acceptors (Lipinski definition) is 3. The monoisotopic (exact) mass is 451 g/mol. The number of hydrogen-bond donors (Lipinski definition) is 0. The van der Waals surface area contributed by atoms with Gasteiger partial charge >= 0.3 is 0 Å². The van der Waals surface area contributed by atoms with E-state index in [0.29, 0.717) is 17.0 Å². The predicted octanol–water partition coefficient (Wildman–Crippen LogP) is 6.86. The average Bonchev–Trinajstić information content (AvgIpc) is 3.29. The first-order valence-electron chi connectivity index (χ1n) is 7.97. The highest BCUT2D eigenvalue weighted by Crippen LogP contribution is 2.46. The van der Waals surface area contributed by atoms with E-state index >= 15 is 0 Å². The number of furan rings is 1. The number of rotatable bonds is 3. The first kappa shape index (κ1) is 19.1. The highest BCUT2D eigenvalue weighted by molar-refractivity contribution is 6.56. The van der Waals surface area contributed by atoms with E-state index < -0.39 is 11.8 Å². The van der Waals surface area contributed by atoms with Crippen molar-refractivity contribution >= 4 is 76.1 Å². The van der Waals surface area contributed by atoms with Gasteiger partial charge in [-0.05, 0) is 35.9 Å². The highest BCUT2D eigenvalue weighted by Gasteiger charge is 2.42. The fourth-order valence-electron chi connectivity index (χ4n) is 2.96. The normalized spacial score (nSPS) is 13.6. The molecule has 0 fully saturated rings. The van der Waals surface area contributed by atoms with Crippen molar-refractivity contribution < 1.29 is 14.0 Å². The molecule has 0 unspecified atom stereocenters. The molecule has 0 spiro atoms. The van der Waals surface area contributed by atoms with Gasteiger partial charge in [0.2, 0.25) is 0 Å². The molecule has 28 heavy (non-hydrogen) atoms. The molecule has 1 aliphatic heterocycles. The van der Waals surface area contributed by atoms with Crippen molar-refractivity contribution in [2.45, 2.75) is 0 Å². The maximum atomic E-state index is 13.0. The van der Waals surface area contributed by atoms with Crippen LogP contribution in [-0.2, 0) is 0 Å². The molecule has 4 nitrogen and oxygen atoms in total. The van der Waals surface area contributed by atoms with Crippen LogP contribution in [0.25, 0.3) is 12.2 Å². The topological polar surface area (TPSA) is 50.5 Å². The molecule has 4 rings (SSSR count). The van der Waals surface area contributed by atoms with Crippen LogP contribution in [0.3, 0.4) is 0 Å². The van der Waals surface area contributed by atoms with Gasteiger partial charge < -0.3 is 4.42 Å². The van der Waals surface area contributed by atoms with E-state index in [1.54, 1.807) is 54.8 Å². The van der Waals surface area contributed by atoms with Crippen molar-refractivity contribution in [3.8, 4) is 0 Å². The average molecular weight is 453 g/mol. The number of fused-ring (bicyclic) bond motifs is 1. The summed E-state index contributed by atoms with van der Waals surface area (Å²) >= 11 is 24.5. The molecule has 0 aliphatic carbocycles. The van der Waals surface area contributed by atoms with Gasteiger partial charge in [0.1, 0.15) is 5.76 Å². The predicted molar refractivity (Wildman–Crippen MR) is 112 cm³/mol. The zero-order chi connectivity index (χ0) is 20.0. The maximum absolute atomic E-state index is 13.0. The highest BCUT2D eigenvalue weighted by atomic mass is 35.5. The van der Waals surface area contributed by atoms with Gasteiger partial charge in [-0.2, -0.15) is 0 Å². The summed E-state index contributed by atoms with van der Waals surface area (Å²) in [6, 6.07) is 10.5. The summed E-state index contributed by atoms with van der Waals surface area (Å²) in [5.74, 6) is -0.615. The number of nitrogens with zero attached hydrogens (tertiary/aromatic N) is 1. The lowest BCUT2D eigenvalue weighted by molar-refractivity contribution is 0.0926. The molecule has 2 aromatic carbocycles. The van der Waals surface area contributed by atoms with Gasteiger partial charge in [0.15, 0.2) is 0 Å². The second kappa shape index (κ2) is 7.30. The van der Waals surface area contributed by atoms with Gasteiger partial charge in [0, 0.05) is 0 Å². The lowest BCUT2D eigenvalue weighted by Gasteiger charge is -2.16. The Bertz CT molecular complexity index is 1110. The van der Waals surface area contributed by atoms with Crippen molar-refractivity contribution in [3.63, 3.8) is 0 Å². The summed E-state index contributed by atoms with van der Waals surface area (Å²) in [5, 5.41) is -0.340. The van der Waals surface area contributed by atoms with Crippen molar-refractivity contribution in [2.75, 3.05) is 4.90 Å². The van der Waals surface area contributed by atoms with Crippen LogP contribution in [0.4, 0.5) is 5.69 Å². The summed E-state index contributed by atoms with van der Waals surface area (Å²) in [4.78, 5) is 27.1. The van der Waals surface area contributed by atoms with Crippen LogP contribution in [0.15, 0.2) is 47.1 Å². The molecule has 2 heterocycles. The fourth-order valence-corrected chi connectivity index (χ4v) is 3.97. The van der Waals surface area contributed by atoms with Crippen LogP contribution in [0.2, 0.25) is 20.1 Å². The van der Waals surface area contributed by atoms with Crippen molar-refractivity contribution in [3.05, 3.63) is 85.2 Å². The minimum Gasteiger partial charge on any atom is -0.465 e. The smallest absolute Gasteiger partial charge is 0.267 e. The SMILES string of the molecule is O=C1c2c(Cl)c(Cl)c(Cl)c(Cl)c2C(=O)N1c1ccccc1/C=C/c1ccco1. The van der Waals surface area contributed by atoms with Crippen molar-refractivity contribution in [1.82, 2.24) is 0 Å². The van der Waals surface area contributed by atoms with Gasteiger partial charge in [-0.3, -0.25) is 9.59 Å². The molecule has 0 saturated heterocycles. The zero-order valence-corrected chi connectivity index (χ0v) is 16.9. The van der Waals surface area contributed by atoms with Crippen molar-refractivity contribution in [1.29, 1.82) is 0 Å². The summed E-state index contributed by atoms with van der Waals surface area (Å²) in [7, 11) is 0. The molecule has 0 radical (unpaired) electrons. The first-order valence-corrected chi connectivity index (χ1v) is 9.48. The molecule has 0 saturated carbocycles. The Kier molecular flexibility index (Phi) is 4.98. The Labute approximate surface area is 179 Å². The lowest BCUT2D eigenvalue weighted by atomic mass is 10.1. The van der Waals surface area contributed by atoms with Crippen LogP contribution in [-0.4, -0.2) is 11.8 Å². The van der Waals surface area contributed by atoms with E-state index in [1.165, 1.54) is 0 Å². The second-order valence-electron chi connectivity index (χ2n) is 5.86. The van der Waals surface area contributed by atoms with Gasteiger partial charge in [0.25, 0.3) is 11.8 Å². The number of carbonyl (C=O) groups is 2. The summed E-state index contributed by atoms with van der Waals surface area (Å²) < 4.78 is 5.27. The lowest BCUT2D eigenvalue weighted by Crippen LogP contribution is -2.30. The van der Waals surface area contributed by atoms with E-state index in [4.69, 9.17) is 50.8 Å². The van der Waals surface area contributed by atoms with Crippen LogP contribution in [0.1, 0.15) is 32.0 Å². The molecule has 8 heteroatoms. The zero-order valence-electron chi connectivity index (χ0n) is 13.9. The van der Waals surface area contributed by atoms with Gasteiger partial charge in [-0.25, -0.2) is 4.90 Å². The number of amides is 2. The molecule has 1 aromatic heterocycles.